The summed E-state index contributed by atoms with van der Waals surface area (Å²) in [5, 5.41) is 0. The van der Waals surface area contributed by atoms with E-state index in [1.165, 1.54) is 42.5 Å². The number of aryl methyl sites for hydroxylation is 1. The zero-order chi connectivity index (χ0) is 25.9. The van der Waals surface area contributed by atoms with Gasteiger partial charge in [0.25, 0.3) is 0 Å². The quantitative estimate of drug-likeness (QED) is 0.382. The molecule has 2 atom stereocenters. The van der Waals surface area contributed by atoms with E-state index < -0.39 is 0 Å². The Morgan fingerprint density at radius 1 is 0.895 bits per heavy atom. The first-order valence-corrected chi connectivity index (χ1v) is 14.7. The number of fused-ring (bicyclic) bond motifs is 3. The number of rotatable bonds is 9. The van der Waals surface area contributed by atoms with Crippen molar-refractivity contribution in [1.29, 1.82) is 0 Å². The minimum Gasteiger partial charge on any atom is -0.493 e. The topological polar surface area (TPSA) is 48.0 Å². The number of carbonyl (C=O) groups is 1. The molecule has 2 aromatic rings. The molecule has 3 heterocycles. The Morgan fingerprint density at radius 3 is 2.45 bits per heavy atom. The Bertz CT molecular complexity index is 1160. The van der Waals surface area contributed by atoms with Crippen LogP contribution in [0.3, 0.4) is 0 Å². The Kier molecular flexibility index (Phi) is 7.85. The van der Waals surface area contributed by atoms with Gasteiger partial charge in [0.2, 0.25) is 0 Å². The van der Waals surface area contributed by atoms with Gasteiger partial charge >= 0.3 is 0 Å². The van der Waals surface area contributed by atoms with E-state index in [4.69, 9.17) is 14.2 Å². The summed E-state index contributed by atoms with van der Waals surface area (Å²) in [6.07, 6.45) is 9.52. The third kappa shape index (κ3) is 5.55. The van der Waals surface area contributed by atoms with Gasteiger partial charge < -0.3 is 14.2 Å². The summed E-state index contributed by atoms with van der Waals surface area (Å²) >= 11 is 0. The second-order valence-electron chi connectivity index (χ2n) is 11.5. The van der Waals surface area contributed by atoms with Crippen LogP contribution in [0.2, 0.25) is 0 Å². The van der Waals surface area contributed by atoms with Gasteiger partial charge in [-0.15, -0.1) is 0 Å². The maximum atomic E-state index is 12.3. The van der Waals surface area contributed by atoms with Gasteiger partial charge in [-0.1, -0.05) is 25.1 Å². The van der Waals surface area contributed by atoms with E-state index in [0.29, 0.717) is 31.0 Å². The highest BCUT2D eigenvalue weighted by Gasteiger charge is 2.37. The summed E-state index contributed by atoms with van der Waals surface area (Å²) in [5.41, 5.74) is 6.13. The number of hydrogen-bond acceptors (Lipinski definition) is 5. The van der Waals surface area contributed by atoms with Crippen LogP contribution >= 0.6 is 0 Å². The lowest BCUT2D eigenvalue weighted by atomic mass is 9.89. The van der Waals surface area contributed by atoms with Crippen molar-refractivity contribution in [2.45, 2.75) is 76.8 Å². The normalized spacial score (nSPS) is 24.0. The fourth-order valence-electron chi connectivity index (χ4n) is 6.89. The molecule has 2 fully saturated rings. The molecule has 3 aliphatic heterocycles. The monoisotopic (exact) mass is 515 g/mol. The lowest BCUT2D eigenvalue weighted by Crippen LogP contribution is -2.35. The van der Waals surface area contributed by atoms with E-state index in [-0.39, 0.29) is 5.78 Å². The molecule has 0 aromatic heterocycles. The first-order valence-electron chi connectivity index (χ1n) is 14.7. The molecule has 0 radical (unpaired) electrons. The summed E-state index contributed by atoms with van der Waals surface area (Å²) in [6.45, 7) is 6.51. The lowest BCUT2D eigenvalue weighted by molar-refractivity contribution is 0.0497. The molecule has 38 heavy (non-hydrogen) atoms. The Labute approximate surface area is 227 Å². The van der Waals surface area contributed by atoms with Gasteiger partial charge in [-0.25, -0.2) is 0 Å². The van der Waals surface area contributed by atoms with E-state index in [1.807, 2.05) is 12.1 Å². The van der Waals surface area contributed by atoms with Crippen LogP contribution in [0.1, 0.15) is 79.8 Å². The van der Waals surface area contributed by atoms with Gasteiger partial charge in [0.05, 0.1) is 6.61 Å². The molecule has 6 rings (SSSR count). The minimum absolute atomic E-state index is 0.242. The molecular formula is C33H41NO4. The standard InChI is InChI=1S/C33H41NO4/c1-2-15-34-27-7-8-28(34)19-31(24-3-9-29(10-4-24)37-21-23-13-16-36-17-14-23)26(18-27)22-38-30-11-5-25-6-12-33(35)32(25)20-30/h3-5,9-11,20,23,27-28H,2,6-8,12-19,21-22H2,1H3. The molecule has 5 heteroatoms. The van der Waals surface area contributed by atoms with Crippen LogP contribution < -0.4 is 9.47 Å². The Hall–Kier alpha value is -2.63. The number of nitrogens with zero attached hydrogens (tertiary/aromatic N) is 1. The maximum absolute atomic E-state index is 12.3. The Balaban J connectivity index is 1.21. The first-order chi connectivity index (χ1) is 18.7. The third-order valence-corrected chi connectivity index (χ3v) is 9.05. The molecular weight excluding hydrogens is 474 g/mol. The predicted molar refractivity (Wildman–Crippen MR) is 150 cm³/mol. The van der Waals surface area contributed by atoms with Gasteiger partial charge in [0.1, 0.15) is 18.1 Å². The number of ketones is 1. The van der Waals surface area contributed by atoms with E-state index in [2.05, 4.69) is 42.2 Å². The second kappa shape index (κ2) is 11.6. The van der Waals surface area contributed by atoms with Crippen LogP contribution in [0, 0.1) is 5.92 Å². The van der Waals surface area contributed by atoms with Crippen LogP contribution in [0.5, 0.6) is 11.5 Å². The van der Waals surface area contributed by atoms with Crippen molar-refractivity contribution in [2.24, 2.45) is 5.92 Å². The summed E-state index contributed by atoms with van der Waals surface area (Å²) in [5.74, 6) is 2.59. The predicted octanol–water partition coefficient (Wildman–Crippen LogP) is 6.49. The summed E-state index contributed by atoms with van der Waals surface area (Å²) in [6, 6.07) is 16.0. The molecule has 0 saturated carbocycles. The average molecular weight is 516 g/mol. The molecule has 202 valence electrons. The summed E-state index contributed by atoms with van der Waals surface area (Å²) in [4.78, 5) is 15.0. The van der Waals surface area contributed by atoms with E-state index in [9.17, 15) is 4.79 Å². The molecule has 0 amide bonds. The molecule has 5 nitrogen and oxygen atoms in total. The molecule has 0 N–H and O–H groups in total. The van der Waals surface area contributed by atoms with Crippen molar-refractivity contribution >= 4 is 11.4 Å². The number of Topliss-reactive ketones (excluding diaryl/α,β-unsaturated/α-hetero) is 1. The maximum Gasteiger partial charge on any atom is 0.163 e. The molecule has 2 unspecified atom stereocenters. The van der Waals surface area contributed by atoms with Gasteiger partial charge in [-0.2, -0.15) is 0 Å². The highest BCUT2D eigenvalue weighted by molar-refractivity contribution is 6.00. The molecule has 2 saturated heterocycles. The van der Waals surface area contributed by atoms with Crippen LogP contribution in [-0.4, -0.2) is 55.7 Å². The minimum atomic E-state index is 0.242. The first kappa shape index (κ1) is 25.6. The number of hydrogen-bond donors (Lipinski definition) is 0. The van der Waals surface area contributed by atoms with E-state index in [0.717, 1.165) is 74.6 Å². The zero-order valence-electron chi connectivity index (χ0n) is 22.8. The van der Waals surface area contributed by atoms with E-state index in [1.54, 1.807) is 0 Å². The number of benzene rings is 2. The Morgan fingerprint density at radius 2 is 1.66 bits per heavy atom. The van der Waals surface area contributed by atoms with Gasteiger partial charge in [0.15, 0.2) is 5.78 Å². The highest BCUT2D eigenvalue weighted by Crippen LogP contribution is 2.41. The molecule has 0 spiro atoms. The van der Waals surface area contributed by atoms with Gasteiger partial charge in [-0.05, 0) is 110 Å². The molecule has 2 aromatic carbocycles. The summed E-state index contributed by atoms with van der Waals surface area (Å²) < 4.78 is 18.0. The van der Waals surface area contributed by atoms with Crippen molar-refractivity contribution < 1.29 is 19.0 Å². The summed E-state index contributed by atoms with van der Waals surface area (Å²) in [7, 11) is 0. The SMILES string of the molecule is CCCN1C2CCC1CC(c1ccc(OCC3CCOCC3)cc1)=C(COc1ccc3c(c1)C(=O)CC3)C2. The number of carbonyl (C=O) groups excluding carboxylic acids is 1. The number of ether oxygens (including phenoxy) is 3. The van der Waals surface area contributed by atoms with Crippen LogP contribution in [-0.2, 0) is 11.2 Å². The van der Waals surface area contributed by atoms with Crippen molar-refractivity contribution in [3.05, 3.63) is 64.7 Å². The van der Waals surface area contributed by atoms with Crippen LogP contribution in [0.4, 0.5) is 0 Å². The van der Waals surface area contributed by atoms with E-state index >= 15 is 0 Å². The molecule has 1 aliphatic carbocycles. The highest BCUT2D eigenvalue weighted by atomic mass is 16.5. The largest absolute Gasteiger partial charge is 0.493 e. The lowest BCUT2D eigenvalue weighted by Gasteiger charge is -2.27. The zero-order valence-corrected chi connectivity index (χ0v) is 22.8. The fourth-order valence-corrected chi connectivity index (χ4v) is 6.89. The molecule has 2 bridgehead atoms. The third-order valence-electron chi connectivity index (χ3n) is 9.05. The smallest absolute Gasteiger partial charge is 0.163 e. The van der Waals surface area contributed by atoms with Gasteiger partial charge in [-0.3, -0.25) is 9.69 Å². The molecule has 4 aliphatic rings. The van der Waals surface area contributed by atoms with Crippen molar-refractivity contribution in [3.63, 3.8) is 0 Å². The van der Waals surface area contributed by atoms with Crippen LogP contribution in [0.25, 0.3) is 5.57 Å². The van der Waals surface area contributed by atoms with Gasteiger partial charge in [0, 0.05) is 37.3 Å². The van der Waals surface area contributed by atoms with Crippen molar-refractivity contribution in [2.75, 3.05) is 33.0 Å². The second-order valence-corrected chi connectivity index (χ2v) is 11.5. The van der Waals surface area contributed by atoms with Crippen molar-refractivity contribution in [3.8, 4) is 11.5 Å². The van der Waals surface area contributed by atoms with Crippen molar-refractivity contribution in [1.82, 2.24) is 4.90 Å². The fraction of sp³-hybridized carbons (Fsp3) is 0.545. The van der Waals surface area contributed by atoms with Crippen LogP contribution in [0.15, 0.2) is 48.0 Å². The average Bonchev–Trinajstić information content (AvgIpc) is 3.46.